The maximum Gasteiger partial charge on any atom is 0.412 e. The van der Waals surface area contributed by atoms with E-state index >= 15 is 0 Å². The van der Waals surface area contributed by atoms with Gasteiger partial charge in [-0.3, -0.25) is 15.0 Å². The van der Waals surface area contributed by atoms with Crippen LogP contribution in [0.1, 0.15) is 31.9 Å². The molecule has 160 valence electrons. The molecule has 0 aliphatic heterocycles. The fraction of sp³-hybridized carbons (Fsp3) is 0.450. The molecule has 0 saturated carbocycles. The van der Waals surface area contributed by atoms with Gasteiger partial charge in [-0.15, -0.1) is 24.0 Å². The van der Waals surface area contributed by atoms with E-state index in [1.807, 2.05) is 64.5 Å². The molecule has 1 aromatic heterocycles. The van der Waals surface area contributed by atoms with E-state index in [1.165, 1.54) is 0 Å². The molecule has 0 aliphatic carbocycles. The molecule has 8 nitrogen and oxygen atoms in total. The number of halogens is 1. The maximum atomic E-state index is 11.8. The zero-order chi connectivity index (χ0) is 20.6. The Kier molecular flexibility index (Phi) is 9.93. The Bertz CT molecular complexity index is 796. The van der Waals surface area contributed by atoms with Crippen molar-refractivity contribution in [3.63, 3.8) is 0 Å². The number of benzene rings is 1. The topological polar surface area (TPSA) is 92.6 Å². The molecular weight excluding hydrogens is 483 g/mol. The standard InChI is InChI=1S/C20H30N6O2.HI/c1-20(2,3)28-19(27)25-17-8-6-15(7-9-17)10-11-22-18(21-4)23-12-16-13-24-26(5)14-16;/h6-9,13-14H,10-12H2,1-5H3,(H,25,27)(H2,21,22,23);1H. The number of aliphatic imine (C=N–C) groups is 1. The van der Waals surface area contributed by atoms with Crippen molar-refractivity contribution in [2.75, 3.05) is 18.9 Å². The van der Waals surface area contributed by atoms with Crippen molar-refractivity contribution < 1.29 is 9.53 Å². The molecule has 2 rings (SSSR count). The minimum absolute atomic E-state index is 0. The molecule has 29 heavy (non-hydrogen) atoms. The average molecular weight is 514 g/mol. The van der Waals surface area contributed by atoms with Gasteiger partial charge in [-0.1, -0.05) is 12.1 Å². The van der Waals surface area contributed by atoms with Crippen LogP contribution in [0.15, 0.2) is 41.7 Å². The van der Waals surface area contributed by atoms with Gasteiger partial charge in [-0.05, 0) is 44.9 Å². The lowest BCUT2D eigenvalue weighted by molar-refractivity contribution is 0.0636. The van der Waals surface area contributed by atoms with Crippen LogP contribution in [0.4, 0.5) is 10.5 Å². The van der Waals surface area contributed by atoms with Gasteiger partial charge in [-0.2, -0.15) is 5.10 Å². The van der Waals surface area contributed by atoms with Gasteiger partial charge in [0, 0.05) is 44.6 Å². The minimum Gasteiger partial charge on any atom is -0.444 e. The Morgan fingerprint density at radius 2 is 1.86 bits per heavy atom. The molecule has 0 spiro atoms. The number of nitrogens with one attached hydrogen (secondary N) is 3. The Hall–Kier alpha value is -2.30. The number of amides is 1. The second-order valence-corrected chi connectivity index (χ2v) is 7.45. The predicted octanol–water partition coefficient (Wildman–Crippen LogP) is 3.29. The minimum atomic E-state index is -0.515. The van der Waals surface area contributed by atoms with E-state index in [4.69, 9.17) is 4.74 Å². The van der Waals surface area contributed by atoms with Crippen LogP contribution in [0, 0.1) is 0 Å². The largest absolute Gasteiger partial charge is 0.444 e. The number of carbonyl (C=O) groups is 1. The summed E-state index contributed by atoms with van der Waals surface area (Å²) in [4.78, 5) is 16.0. The average Bonchev–Trinajstić information content (AvgIpc) is 3.03. The van der Waals surface area contributed by atoms with Crippen LogP contribution in [0.5, 0.6) is 0 Å². The molecular formula is C20H31IN6O2. The number of aromatic nitrogens is 2. The molecule has 0 fully saturated rings. The summed E-state index contributed by atoms with van der Waals surface area (Å²) >= 11 is 0. The van der Waals surface area contributed by atoms with E-state index in [2.05, 4.69) is 26.0 Å². The van der Waals surface area contributed by atoms with Gasteiger partial charge in [0.15, 0.2) is 5.96 Å². The van der Waals surface area contributed by atoms with Gasteiger partial charge in [-0.25, -0.2) is 4.79 Å². The molecule has 9 heteroatoms. The van der Waals surface area contributed by atoms with Gasteiger partial charge in [0.25, 0.3) is 0 Å². The highest BCUT2D eigenvalue weighted by atomic mass is 127. The third-order valence-corrected chi connectivity index (χ3v) is 3.75. The third-order valence-electron chi connectivity index (χ3n) is 3.75. The molecule has 0 radical (unpaired) electrons. The fourth-order valence-electron chi connectivity index (χ4n) is 2.47. The predicted molar refractivity (Wildman–Crippen MR) is 127 cm³/mol. The number of guanidine groups is 1. The molecule has 3 N–H and O–H groups in total. The van der Waals surface area contributed by atoms with E-state index in [9.17, 15) is 4.79 Å². The number of hydrogen-bond donors (Lipinski definition) is 3. The number of ether oxygens (including phenoxy) is 1. The molecule has 1 heterocycles. The second kappa shape index (κ2) is 11.6. The number of nitrogens with zero attached hydrogens (tertiary/aromatic N) is 3. The summed E-state index contributed by atoms with van der Waals surface area (Å²) in [5.41, 5.74) is 2.45. The van der Waals surface area contributed by atoms with Crippen LogP contribution in [-0.4, -0.2) is 41.0 Å². The Balaban J connectivity index is 0.00000420. The second-order valence-electron chi connectivity index (χ2n) is 7.45. The Morgan fingerprint density at radius 1 is 1.17 bits per heavy atom. The van der Waals surface area contributed by atoms with Gasteiger partial charge >= 0.3 is 6.09 Å². The van der Waals surface area contributed by atoms with Crippen molar-refractivity contribution >= 4 is 41.7 Å². The first-order chi connectivity index (χ1) is 13.2. The van der Waals surface area contributed by atoms with Crippen molar-refractivity contribution in [2.45, 2.75) is 39.3 Å². The number of anilines is 1. The maximum absolute atomic E-state index is 11.8. The van der Waals surface area contributed by atoms with E-state index in [0.717, 1.165) is 30.1 Å². The van der Waals surface area contributed by atoms with Crippen molar-refractivity contribution in [1.29, 1.82) is 0 Å². The number of carbonyl (C=O) groups excluding carboxylic acids is 1. The van der Waals surface area contributed by atoms with E-state index in [0.29, 0.717) is 12.2 Å². The van der Waals surface area contributed by atoms with Crippen LogP contribution in [0.25, 0.3) is 0 Å². The van der Waals surface area contributed by atoms with Crippen LogP contribution in [0.3, 0.4) is 0 Å². The van der Waals surface area contributed by atoms with Gasteiger partial charge < -0.3 is 15.4 Å². The van der Waals surface area contributed by atoms with Crippen LogP contribution in [0.2, 0.25) is 0 Å². The molecule has 1 aromatic carbocycles. The summed E-state index contributed by atoms with van der Waals surface area (Å²) < 4.78 is 7.02. The normalized spacial score (nSPS) is 11.4. The molecule has 1 amide bonds. The third kappa shape index (κ3) is 9.64. The van der Waals surface area contributed by atoms with Gasteiger partial charge in [0.05, 0.1) is 6.20 Å². The smallest absolute Gasteiger partial charge is 0.412 e. The lowest BCUT2D eigenvalue weighted by Crippen LogP contribution is -2.37. The number of rotatable bonds is 6. The monoisotopic (exact) mass is 514 g/mol. The number of aryl methyl sites for hydroxylation is 1. The Morgan fingerprint density at radius 3 is 2.41 bits per heavy atom. The van der Waals surface area contributed by atoms with Crippen molar-refractivity contribution in [1.82, 2.24) is 20.4 Å². The highest BCUT2D eigenvalue weighted by Gasteiger charge is 2.16. The molecule has 0 atom stereocenters. The summed E-state index contributed by atoms with van der Waals surface area (Å²) in [5.74, 6) is 0.743. The zero-order valence-corrected chi connectivity index (χ0v) is 20.0. The Labute approximate surface area is 189 Å². The van der Waals surface area contributed by atoms with E-state index in [1.54, 1.807) is 11.7 Å². The van der Waals surface area contributed by atoms with Crippen molar-refractivity contribution in [2.24, 2.45) is 12.0 Å². The summed E-state index contributed by atoms with van der Waals surface area (Å²) in [7, 11) is 3.64. The molecule has 0 bridgehead atoms. The fourth-order valence-corrected chi connectivity index (χ4v) is 2.47. The summed E-state index contributed by atoms with van der Waals surface area (Å²) in [5, 5.41) is 13.4. The first-order valence-corrected chi connectivity index (χ1v) is 9.26. The highest BCUT2D eigenvalue weighted by molar-refractivity contribution is 14.0. The SMILES string of the molecule is CN=C(NCCc1ccc(NC(=O)OC(C)(C)C)cc1)NCc1cnn(C)c1.I. The van der Waals surface area contributed by atoms with Crippen LogP contribution in [-0.2, 0) is 24.8 Å². The summed E-state index contributed by atoms with van der Waals surface area (Å²) in [6, 6.07) is 7.71. The summed E-state index contributed by atoms with van der Waals surface area (Å²) in [6.45, 7) is 6.91. The zero-order valence-electron chi connectivity index (χ0n) is 17.7. The highest BCUT2D eigenvalue weighted by Crippen LogP contribution is 2.13. The van der Waals surface area contributed by atoms with Crippen LogP contribution < -0.4 is 16.0 Å². The van der Waals surface area contributed by atoms with E-state index in [-0.39, 0.29) is 24.0 Å². The number of hydrogen-bond acceptors (Lipinski definition) is 4. The molecule has 0 aliphatic rings. The van der Waals surface area contributed by atoms with Gasteiger partial charge in [0.1, 0.15) is 5.60 Å². The first-order valence-electron chi connectivity index (χ1n) is 9.26. The molecule has 2 aromatic rings. The molecule has 0 unspecified atom stereocenters. The van der Waals surface area contributed by atoms with Crippen molar-refractivity contribution in [3.05, 3.63) is 47.8 Å². The summed E-state index contributed by atoms with van der Waals surface area (Å²) in [6.07, 6.45) is 4.17. The van der Waals surface area contributed by atoms with Crippen LogP contribution >= 0.6 is 24.0 Å². The van der Waals surface area contributed by atoms with Crippen molar-refractivity contribution in [3.8, 4) is 0 Å². The molecule has 0 saturated heterocycles. The quantitative estimate of drug-likeness (QED) is 0.313. The lowest BCUT2D eigenvalue weighted by atomic mass is 10.1. The van der Waals surface area contributed by atoms with Gasteiger partial charge in [0.2, 0.25) is 0 Å². The lowest BCUT2D eigenvalue weighted by Gasteiger charge is -2.19. The van der Waals surface area contributed by atoms with E-state index < -0.39 is 11.7 Å². The first kappa shape index (κ1) is 24.7.